The van der Waals surface area contributed by atoms with Crippen LogP contribution in [0.3, 0.4) is 0 Å². The second kappa shape index (κ2) is 4.82. The van der Waals surface area contributed by atoms with Crippen LogP contribution in [-0.4, -0.2) is 76.6 Å². The molecule has 4 fully saturated rings. The van der Waals surface area contributed by atoms with E-state index in [1.807, 2.05) is 6.92 Å². The van der Waals surface area contributed by atoms with Gasteiger partial charge in [-0.1, -0.05) is 0 Å². The van der Waals surface area contributed by atoms with Gasteiger partial charge in [-0.15, -0.1) is 0 Å². The topological polar surface area (TPSA) is 128 Å². The molecule has 8 atom stereocenters. The third-order valence-electron chi connectivity index (χ3n) is 5.26. The van der Waals surface area contributed by atoms with Crippen LogP contribution >= 0.6 is 0 Å². The highest BCUT2D eigenvalue weighted by atomic mass is 16.6. The van der Waals surface area contributed by atoms with Gasteiger partial charge in [0.05, 0.1) is 31.1 Å². The van der Waals surface area contributed by atoms with Crippen molar-refractivity contribution in [3.05, 3.63) is 0 Å². The lowest BCUT2D eigenvalue weighted by Crippen LogP contribution is -2.69. The Bertz CT molecular complexity index is 466. The van der Waals surface area contributed by atoms with Crippen molar-refractivity contribution in [3.63, 3.8) is 0 Å². The Labute approximate surface area is 129 Å². The van der Waals surface area contributed by atoms with Crippen molar-refractivity contribution in [2.75, 3.05) is 13.3 Å². The van der Waals surface area contributed by atoms with Gasteiger partial charge in [0.25, 0.3) is 0 Å². The Balaban J connectivity index is 1.58. The molecule has 7 N–H and O–H groups in total. The summed E-state index contributed by atoms with van der Waals surface area (Å²) < 4.78 is 11.5. The standard InChI is InChI=1S/C13H25N5O4/c1-12-9-10(22-9)16-13(2,14)17-11(12)18(5-15-12)8-3-6(20)7(4-19)21-8/h6-11,15-17,19-20H,3-5,14H2,1-2H3. The minimum atomic E-state index is -0.764. The number of ether oxygens (including phenoxy) is 2. The summed E-state index contributed by atoms with van der Waals surface area (Å²) >= 11 is 0. The Hall–Kier alpha value is -0.360. The molecule has 0 amide bonds. The number of epoxide rings is 1. The van der Waals surface area contributed by atoms with E-state index in [0.717, 1.165) is 0 Å². The summed E-state index contributed by atoms with van der Waals surface area (Å²) in [5.41, 5.74) is 5.96. The van der Waals surface area contributed by atoms with Crippen molar-refractivity contribution in [2.24, 2.45) is 5.73 Å². The molecule has 4 aliphatic rings. The quantitative estimate of drug-likeness (QED) is 0.295. The van der Waals surface area contributed by atoms with Crippen LogP contribution in [-0.2, 0) is 9.47 Å². The van der Waals surface area contributed by atoms with E-state index in [9.17, 15) is 10.2 Å². The predicted octanol–water partition coefficient (Wildman–Crippen LogP) is -3.05. The van der Waals surface area contributed by atoms with Gasteiger partial charge in [-0.2, -0.15) is 0 Å². The minimum Gasteiger partial charge on any atom is -0.394 e. The Morgan fingerprint density at radius 2 is 2.09 bits per heavy atom. The second-order valence-corrected chi connectivity index (χ2v) is 7.12. The van der Waals surface area contributed by atoms with Crippen LogP contribution in [0.15, 0.2) is 0 Å². The lowest BCUT2D eigenvalue weighted by molar-refractivity contribution is -0.0941. The first-order valence-corrected chi connectivity index (χ1v) is 7.79. The summed E-state index contributed by atoms with van der Waals surface area (Å²) in [6.45, 7) is 4.40. The van der Waals surface area contributed by atoms with E-state index >= 15 is 0 Å². The number of hydrogen-bond acceptors (Lipinski definition) is 9. The van der Waals surface area contributed by atoms with Gasteiger partial charge in [0.2, 0.25) is 0 Å². The number of rotatable bonds is 2. The molecule has 4 saturated heterocycles. The van der Waals surface area contributed by atoms with Gasteiger partial charge in [0.15, 0.2) is 0 Å². The molecule has 4 rings (SSSR count). The molecule has 22 heavy (non-hydrogen) atoms. The fourth-order valence-corrected chi connectivity index (χ4v) is 3.94. The summed E-state index contributed by atoms with van der Waals surface area (Å²) in [5.74, 6) is -0.764. The van der Waals surface area contributed by atoms with Crippen LogP contribution in [0.5, 0.6) is 0 Å². The monoisotopic (exact) mass is 315 g/mol. The number of nitrogens with one attached hydrogen (secondary N) is 3. The van der Waals surface area contributed by atoms with E-state index in [1.54, 1.807) is 0 Å². The van der Waals surface area contributed by atoms with E-state index in [0.29, 0.717) is 13.1 Å². The maximum atomic E-state index is 9.98. The molecule has 0 aromatic carbocycles. The molecular formula is C13H25N5O4. The fraction of sp³-hybridized carbons (Fsp3) is 1.00. The average Bonchev–Trinajstić information content (AvgIpc) is 3.01. The zero-order valence-electron chi connectivity index (χ0n) is 12.8. The molecule has 9 nitrogen and oxygen atoms in total. The normalized spacial score (nSPS) is 58.2. The van der Waals surface area contributed by atoms with Crippen molar-refractivity contribution in [1.29, 1.82) is 0 Å². The summed E-state index contributed by atoms with van der Waals surface area (Å²) in [6, 6.07) is 0. The molecule has 9 heteroatoms. The molecule has 0 aromatic rings. The maximum Gasteiger partial charge on any atom is 0.139 e. The number of nitrogens with zero attached hydrogens (tertiary/aromatic N) is 1. The zero-order chi connectivity index (χ0) is 15.7. The maximum absolute atomic E-state index is 9.98. The highest BCUT2D eigenvalue weighted by Gasteiger charge is 2.64. The third kappa shape index (κ3) is 2.20. The van der Waals surface area contributed by atoms with Gasteiger partial charge in [0, 0.05) is 6.42 Å². The van der Waals surface area contributed by atoms with Crippen LogP contribution in [0, 0.1) is 0 Å². The highest BCUT2D eigenvalue weighted by molar-refractivity contribution is 5.16. The number of nitrogens with two attached hydrogens (primary N) is 1. The first-order valence-electron chi connectivity index (χ1n) is 7.79. The lowest BCUT2D eigenvalue weighted by atomic mass is 9.94. The van der Waals surface area contributed by atoms with Gasteiger partial charge >= 0.3 is 0 Å². The number of hydrogen-bond donors (Lipinski definition) is 6. The molecule has 126 valence electrons. The van der Waals surface area contributed by atoms with Crippen molar-refractivity contribution >= 4 is 0 Å². The minimum absolute atomic E-state index is 0.0281. The molecule has 4 aliphatic heterocycles. The highest BCUT2D eigenvalue weighted by Crippen LogP contribution is 2.41. The molecule has 0 saturated carbocycles. The van der Waals surface area contributed by atoms with Crippen LogP contribution in [0.4, 0.5) is 0 Å². The van der Waals surface area contributed by atoms with Gasteiger partial charge < -0.3 is 25.4 Å². The van der Waals surface area contributed by atoms with Crippen molar-refractivity contribution < 1.29 is 19.7 Å². The summed E-state index contributed by atoms with van der Waals surface area (Å²) in [5, 5.41) is 29.4. The summed E-state index contributed by atoms with van der Waals surface area (Å²) in [6.07, 6.45) is -1.14. The Kier molecular flexibility index (Phi) is 3.33. The van der Waals surface area contributed by atoms with E-state index in [2.05, 4.69) is 27.8 Å². The van der Waals surface area contributed by atoms with E-state index < -0.39 is 18.0 Å². The van der Waals surface area contributed by atoms with Crippen LogP contribution in [0.2, 0.25) is 0 Å². The van der Waals surface area contributed by atoms with E-state index in [1.165, 1.54) is 0 Å². The van der Waals surface area contributed by atoms with Gasteiger partial charge in [-0.25, -0.2) is 4.90 Å². The predicted molar refractivity (Wildman–Crippen MR) is 75.9 cm³/mol. The van der Waals surface area contributed by atoms with Crippen molar-refractivity contribution in [3.8, 4) is 0 Å². The van der Waals surface area contributed by atoms with Crippen molar-refractivity contribution in [2.45, 2.75) is 68.5 Å². The molecule has 4 heterocycles. The number of fused-ring (bicyclic) bond motifs is 3. The second-order valence-electron chi connectivity index (χ2n) is 7.12. The van der Waals surface area contributed by atoms with Crippen LogP contribution < -0.4 is 21.7 Å². The smallest absolute Gasteiger partial charge is 0.139 e. The molecule has 0 aliphatic carbocycles. The third-order valence-corrected chi connectivity index (χ3v) is 5.26. The first-order chi connectivity index (χ1) is 10.3. The Morgan fingerprint density at radius 1 is 1.32 bits per heavy atom. The molecule has 0 radical (unpaired) electrons. The fourth-order valence-electron chi connectivity index (χ4n) is 3.94. The first kappa shape index (κ1) is 15.2. The lowest BCUT2D eigenvalue weighted by Gasteiger charge is -2.39. The molecular weight excluding hydrogens is 290 g/mol. The zero-order valence-corrected chi connectivity index (χ0v) is 12.8. The van der Waals surface area contributed by atoms with E-state index in [-0.39, 0.29) is 36.9 Å². The number of aliphatic hydroxyl groups excluding tert-OH is 2. The van der Waals surface area contributed by atoms with Crippen LogP contribution in [0.25, 0.3) is 0 Å². The summed E-state index contributed by atoms with van der Waals surface area (Å²) in [4.78, 5) is 2.11. The van der Waals surface area contributed by atoms with Gasteiger partial charge in [-0.3, -0.25) is 16.0 Å². The SMILES string of the molecule is CC1(N)NC2OC2C2(C)NCN(C3CC(O)C(CO)O3)C2N1. The van der Waals surface area contributed by atoms with Gasteiger partial charge in [-0.05, 0) is 13.8 Å². The van der Waals surface area contributed by atoms with Crippen molar-refractivity contribution in [1.82, 2.24) is 20.9 Å². The Morgan fingerprint density at radius 3 is 2.77 bits per heavy atom. The molecule has 0 aromatic heterocycles. The average molecular weight is 315 g/mol. The molecule has 0 bridgehead atoms. The van der Waals surface area contributed by atoms with Crippen LogP contribution in [0.1, 0.15) is 20.3 Å². The van der Waals surface area contributed by atoms with Gasteiger partial charge in [0.1, 0.15) is 30.5 Å². The van der Waals surface area contributed by atoms with E-state index in [4.69, 9.17) is 15.2 Å². The largest absolute Gasteiger partial charge is 0.394 e. The summed E-state index contributed by atoms with van der Waals surface area (Å²) in [7, 11) is 0. The number of aliphatic hydroxyl groups is 2. The molecule has 8 unspecified atom stereocenters. The molecule has 0 spiro atoms.